The molecule has 0 spiro atoms. The molecule has 1 N–H and O–H groups in total. The highest BCUT2D eigenvalue weighted by Crippen LogP contribution is 2.28. The van der Waals surface area contributed by atoms with Gasteiger partial charge in [-0.2, -0.15) is 0 Å². The lowest BCUT2D eigenvalue weighted by molar-refractivity contribution is 0.180. The number of hydrogen-bond donors (Lipinski definition) is 1. The molecule has 78 valence electrons. The minimum absolute atomic E-state index is 0.730. The van der Waals surface area contributed by atoms with Crippen molar-refractivity contribution in [1.29, 1.82) is 0 Å². The summed E-state index contributed by atoms with van der Waals surface area (Å²) in [5.41, 5.74) is 0. The van der Waals surface area contributed by atoms with Gasteiger partial charge in [0, 0.05) is 19.7 Å². The summed E-state index contributed by atoms with van der Waals surface area (Å²) in [6.07, 6.45) is 4.09. The van der Waals surface area contributed by atoms with E-state index in [4.69, 9.17) is 4.74 Å². The fraction of sp³-hybridized carbons (Fsp3) is 1.00. The van der Waals surface area contributed by atoms with Crippen molar-refractivity contribution in [3.8, 4) is 0 Å². The van der Waals surface area contributed by atoms with Crippen molar-refractivity contribution in [2.45, 2.75) is 39.2 Å². The van der Waals surface area contributed by atoms with Gasteiger partial charge in [-0.1, -0.05) is 13.8 Å². The van der Waals surface area contributed by atoms with Gasteiger partial charge in [0.05, 0.1) is 6.61 Å². The van der Waals surface area contributed by atoms with Gasteiger partial charge in [-0.15, -0.1) is 0 Å². The van der Waals surface area contributed by atoms with Crippen LogP contribution in [0.25, 0.3) is 0 Å². The molecule has 1 aliphatic carbocycles. The van der Waals surface area contributed by atoms with Crippen LogP contribution in [-0.4, -0.2) is 26.3 Å². The maximum Gasteiger partial charge on any atom is 0.0587 e. The third-order valence-electron chi connectivity index (χ3n) is 2.92. The molecule has 0 radical (unpaired) electrons. The highest BCUT2D eigenvalue weighted by atomic mass is 16.5. The lowest BCUT2D eigenvalue weighted by atomic mass is 9.80. The first kappa shape index (κ1) is 11.0. The molecule has 1 rings (SSSR count). The Bertz CT molecular complexity index is 128. The second-order valence-electron chi connectivity index (χ2n) is 4.56. The van der Waals surface area contributed by atoms with E-state index in [9.17, 15) is 0 Å². The summed E-state index contributed by atoms with van der Waals surface area (Å²) in [4.78, 5) is 0. The van der Waals surface area contributed by atoms with Crippen molar-refractivity contribution < 1.29 is 4.74 Å². The van der Waals surface area contributed by atoms with Crippen molar-refractivity contribution in [3.63, 3.8) is 0 Å². The van der Waals surface area contributed by atoms with Gasteiger partial charge in [-0.3, -0.25) is 0 Å². The van der Waals surface area contributed by atoms with E-state index in [-0.39, 0.29) is 0 Å². The molecule has 1 aliphatic rings. The number of ether oxygens (including phenoxy) is 1. The predicted molar refractivity (Wildman–Crippen MR) is 55.8 cm³/mol. The summed E-state index contributed by atoms with van der Waals surface area (Å²) in [5, 5.41) is 3.56. The van der Waals surface area contributed by atoms with E-state index in [1.807, 2.05) is 0 Å². The van der Waals surface area contributed by atoms with E-state index in [0.717, 1.165) is 31.0 Å². The van der Waals surface area contributed by atoms with Crippen LogP contribution in [-0.2, 0) is 4.74 Å². The third kappa shape index (κ3) is 4.10. The fourth-order valence-electron chi connectivity index (χ4n) is 2.48. The summed E-state index contributed by atoms with van der Waals surface area (Å²) in [5.74, 6) is 1.78. The van der Waals surface area contributed by atoms with E-state index < -0.39 is 0 Å². The average Bonchev–Trinajstić information content (AvgIpc) is 2.03. The Morgan fingerprint density at radius 1 is 1.15 bits per heavy atom. The third-order valence-corrected chi connectivity index (χ3v) is 2.92. The minimum Gasteiger partial charge on any atom is -0.383 e. The zero-order valence-electron chi connectivity index (χ0n) is 9.18. The molecule has 2 heteroatoms. The Balaban J connectivity index is 2.17. The molecule has 0 aromatic heterocycles. The first-order valence-corrected chi connectivity index (χ1v) is 5.44. The average molecular weight is 185 g/mol. The van der Waals surface area contributed by atoms with Crippen LogP contribution >= 0.6 is 0 Å². The van der Waals surface area contributed by atoms with Crippen LogP contribution in [0.15, 0.2) is 0 Å². The van der Waals surface area contributed by atoms with Gasteiger partial charge in [0.25, 0.3) is 0 Å². The molecule has 0 aromatic rings. The van der Waals surface area contributed by atoms with Gasteiger partial charge in [0.1, 0.15) is 0 Å². The van der Waals surface area contributed by atoms with E-state index in [1.54, 1.807) is 7.11 Å². The predicted octanol–water partition coefficient (Wildman–Crippen LogP) is 2.05. The first-order valence-electron chi connectivity index (χ1n) is 5.44. The van der Waals surface area contributed by atoms with Gasteiger partial charge >= 0.3 is 0 Å². The van der Waals surface area contributed by atoms with Gasteiger partial charge in [0.2, 0.25) is 0 Å². The van der Waals surface area contributed by atoms with Crippen LogP contribution in [0.1, 0.15) is 33.1 Å². The highest BCUT2D eigenvalue weighted by molar-refractivity contribution is 4.79. The second kappa shape index (κ2) is 5.61. The number of methoxy groups -OCH3 is 1. The Morgan fingerprint density at radius 2 is 1.77 bits per heavy atom. The molecule has 2 nitrogen and oxygen atoms in total. The summed E-state index contributed by atoms with van der Waals surface area (Å²) in [7, 11) is 1.76. The van der Waals surface area contributed by atoms with Crippen molar-refractivity contribution in [2.24, 2.45) is 11.8 Å². The fourth-order valence-corrected chi connectivity index (χ4v) is 2.48. The number of nitrogens with one attached hydrogen (secondary N) is 1. The summed E-state index contributed by atoms with van der Waals surface area (Å²) < 4.78 is 5.02. The van der Waals surface area contributed by atoms with Crippen LogP contribution in [0, 0.1) is 11.8 Å². The van der Waals surface area contributed by atoms with Crippen LogP contribution in [0.4, 0.5) is 0 Å². The molecule has 13 heavy (non-hydrogen) atoms. The monoisotopic (exact) mass is 185 g/mol. The minimum atomic E-state index is 0.730. The molecular weight excluding hydrogens is 162 g/mol. The van der Waals surface area contributed by atoms with Crippen LogP contribution < -0.4 is 5.32 Å². The van der Waals surface area contributed by atoms with Gasteiger partial charge in [-0.25, -0.2) is 0 Å². The van der Waals surface area contributed by atoms with E-state index in [0.29, 0.717) is 0 Å². The first-order chi connectivity index (χ1) is 6.22. The van der Waals surface area contributed by atoms with Crippen molar-refractivity contribution in [2.75, 3.05) is 20.3 Å². The molecule has 1 fully saturated rings. The molecule has 0 unspecified atom stereocenters. The maximum atomic E-state index is 5.02. The van der Waals surface area contributed by atoms with Gasteiger partial charge < -0.3 is 10.1 Å². The van der Waals surface area contributed by atoms with Crippen molar-refractivity contribution in [1.82, 2.24) is 5.32 Å². The molecule has 0 aliphatic heterocycles. The summed E-state index contributed by atoms with van der Waals surface area (Å²) in [6.45, 7) is 6.56. The normalized spacial score (nSPS) is 34.8. The lowest BCUT2D eigenvalue weighted by Crippen LogP contribution is -2.37. The SMILES string of the molecule is COCCNC1C[C@H](C)C[C@@H](C)C1. The molecule has 0 bridgehead atoms. The van der Waals surface area contributed by atoms with Gasteiger partial charge in [0.15, 0.2) is 0 Å². The quantitative estimate of drug-likeness (QED) is 0.677. The van der Waals surface area contributed by atoms with Crippen molar-refractivity contribution >= 4 is 0 Å². The van der Waals surface area contributed by atoms with E-state index in [2.05, 4.69) is 19.2 Å². The maximum absolute atomic E-state index is 5.02. The van der Waals surface area contributed by atoms with E-state index in [1.165, 1.54) is 19.3 Å². The molecular formula is C11H23NO. The van der Waals surface area contributed by atoms with Crippen molar-refractivity contribution in [3.05, 3.63) is 0 Å². The van der Waals surface area contributed by atoms with Crippen LogP contribution in [0.2, 0.25) is 0 Å². The molecule has 0 amide bonds. The molecule has 0 heterocycles. The van der Waals surface area contributed by atoms with Crippen LogP contribution in [0.5, 0.6) is 0 Å². The van der Waals surface area contributed by atoms with Gasteiger partial charge in [-0.05, 0) is 31.1 Å². The molecule has 0 saturated heterocycles. The largest absolute Gasteiger partial charge is 0.383 e. The molecule has 2 atom stereocenters. The highest BCUT2D eigenvalue weighted by Gasteiger charge is 2.22. The molecule has 0 aromatic carbocycles. The Hall–Kier alpha value is -0.0800. The van der Waals surface area contributed by atoms with E-state index >= 15 is 0 Å². The Morgan fingerprint density at radius 3 is 2.31 bits per heavy atom. The number of hydrogen-bond acceptors (Lipinski definition) is 2. The standard InChI is InChI=1S/C11H23NO/c1-9-6-10(2)8-11(7-9)12-4-5-13-3/h9-12H,4-8H2,1-3H3/t9-,10-/m1/s1. The second-order valence-corrected chi connectivity index (χ2v) is 4.56. The molecule has 1 saturated carbocycles. The smallest absolute Gasteiger partial charge is 0.0587 e. The van der Waals surface area contributed by atoms with Crippen LogP contribution in [0.3, 0.4) is 0 Å². The summed E-state index contributed by atoms with van der Waals surface area (Å²) in [6, 6.07) is 0.730. The number of rotatable bonds is 4. The zero-order valence-corrected chi connectivity index (χ0v) is 9.18. The zero-order chi connectivity index (χ0) is 9.68. The Labute approximate surface area is 82.0 Å². The summed E-state index contributed by atoms with van der Waals surface area (Å²) >= 11 is 0. The Kier molecular flexibility index (Phi) is 4.74. The topological polar surface area (TPSA) is 21.3 Å². The lowest BCUT2D eigenvalue weighted by Gasteiger charge is -2.32.